The molecule has 1 saturated heterocycles. The molecule has 0 spiro atoms. The summed E-state index contributed by atoms with van der Waals surface area (Å²) in [6, 6.07) is 6.54. The summed E-state index contributed by atoms with van der Waals surface area (Å²) in [5.41, 5.74) is -0.850. The summed E-state index contributed by atoms with van der Waals surface area (Å²) in [5.74, 6) is -0.623. The molecule has 0 saturated carbocycles. The first-order valence-electron chi connectivity index (χ1n) is 8.17. The van der Waals surface area contributed by atoms with Crippen molar-refractivity contribution < 1.29 is 26.4 Å². The van der Waals surface area contributed by atoms with Crippen molar-refractivity contribution in [3.8, 4) is 0 Å². The monoisotopic (exact) mass is 402 g/mol. The van der Waals surface area contributed by atoms with E-state index in [1.54, 1.807) is 0 Å². The van der Waals surface area contributed by atoms with E-state index >= 15 is 0 Å². The highest BCUT2D eigenvalue weighted by molar-refractivity contribution is 7.89. The van der Waals surface area contributed by atoms with E-state index in [1.165, 1.54) is 28.6 Å². The summed E-state index contributed by atoms with van der Waals surface area (Å²) in [7, 11) is -3.63. The summed E-state index contributed by atoms with van der Waals surface area (Å²) in [4.78, 5) is 12.1. The molecule has 146 valence electrons. The van der Waals surface area contributed by atoms with Crippen LogP contribution in [-0.2, 0) is 27.5 Å². The van der Waals surface area contributed by atoms with Gasteiger partial charge in [-0.05, 0) is 37.1 Å². The summed E-state index contributed by atoms with van der Waals surface area (Å²) in [5, 5.41) is 5.78. The maximum Gasteiger partial charge on any atom is 0.435 e. The molecule has 2 heterocycles. The van der Waals surface area contributed by atoms with Gasteiger partial charge in [0.2, 0.25) is 15.9 Å². The number of amides is 1. The standard InChI is InChI=1S/C16H17F3N4O3S/c17-16(18,19)14-6-9-22(21-14)11-15(24)20-12-4-3-5-13(10-12)27(25,26)23-7-1-2-8-23/h3-6,9-10H,1-2,7-8,11H2,(H,20,24). The Bertz CT molecular complexity index is 934. The minimum atomic E-state index is -4.58. The zero-order chi connectivity index (χ0) is 19.7. The lowest BCUT2D eigenvalue weighted by atomic mass is 10.3. The normalized spacial score (nSPS) is 15.8. The molecule has 1 aliphatic heterocycles. The zero-order valence-electron chi connectivity index (χ0n) is 14.1. The van der Waals surface area contributed by atoms with Crippen molar-refractivity contribution in [1.82, 2.24) is 14.1 Å². The topological polar surface area (TPSA) is 84.3 Å². The van der Waals surface area contributed by atoms with E-state index in [-0.39, 0.29) is 10.6 Å². The van der Waals surface area contributed by atoms with Gasteiger partial charge in [0.1, 0.15) is 6.54 Å². The Hall–Kier alpha value is -2.40. The van der Waals surface area contributed by atoms with Gasteiger partial charge in [-0.3, -0.25) is 9.48 Å². The lowest BCUT2D eigenvalue weighted by Gasteiger charge is -2.16. The number of carbonyl (C=O) groups is 1. The third-order valence-corrected chi connectivity index (χ3v) is 5.95. The van der Waals surface area contributed by atoms with Gasteiger partial charge in [0.15, 0.2) is 5.69 Å². The van der Waals surface area contributed by atoms with Gasteiger partial charge in [0.25, 0.3) is 0 Å². The molecule has 0 aliphatic carbocycles. The van der Waals surface area contributed by atoms with Gasteiger partial charge in [-0.25, -0.2) is 8.42 Å². The van der Waals surface area contributed by atoms with Crippen LogP contribution in [0.25, 0.3) is 0 Å². The van der Waals surface area contributed by atoms with Gasteiger partial charge in [-0.2, -0.15) is 22.6 Å². The van der Waals surface area contributed by atoms with Crippen LogP contribution in [0.4, 0.5) is 18.9 Å². The molecule has 27 heavy (non-hydrogen) atoms. The lowest BCUT2D eigenvalue weighted by molar-refractivity contribution is -0.141. The van der Waals surface area contributed by atoms with Crippen LogP contribution in [0, 0.1) is 0 Å². The summed E-state index contributed by atoms with van der Waals surface area (Å²) < 4.78 is 65.0. The number of carbonyl (C=O) groups excluding carboxylic acids is 1. The fourth-order valence-corrected chi connectivity index (χ4v) is 4.32. The highest BCUT2D eigenvalue weighted by Crippen LogP contribution is 2.27. The van der Waals surface area contributed by atoms with E-state index in [2.05, 4.69) is 10.4 Å². The van der Waals surface area contributed by atoms with Gasteiger partial charge in [-0.15, -0.1) is 0 Å². The molecule has 7 nitrogen and oxygen atoms in total. The van der Waals surface area contributed by atoms with E-state index in [4.69, 9.17) is 0 Å². The second-order valence-electron chi connectivity index (χ2n) is 6.08. The number of hydrogen-bond donors (Lipinski definition) is 1. The number of nitrogens with zero attached hydrogens (tertiary/aromatic N) is 3. The number of benzene rings is 1. The second kappa shape index (κ2) is 7.31. The van der Waals surface area contributed by atoms with Gasteiger partial charge in [0.05, 0.1) is 4.90 Å². The van der Waals surface area contributed by atoms with E-state index in [0.29, 0.717) is 13.1 Å². The van der Waals surface area contributed by atoms with Crippen LogP contribution in [0.3, 0.4) is 0 Å². The minimum Gasteiger partial charge on any atom is -0.324 e. The fraction of sp³-hybridized carbons (Fsp3) is 0.375. The lowest BCUT2D eigenvalue weighted by Crippen LogP contribution is -2.28. The van der Waals surface area contributed by atoms with E-state index in [9.17, 15) is 26.4 Å². The first kappa shape index (κ1) is 19.4. The number of halogens is 3. The smallest absolute Gasteiger partial charge is 0.324 e. The quantitative estimate of drug-likeness (QED) is 0.832. The Morgan fingerprint density at radius 3 is 2.52 bits per heavy atom. The van der Waals surface area contributed by atoms with Crippen molar-refractivity contribution in [2.45, 2.75) is 30.5 Å². The Morgan fingerprint density at radius 1 is 1.19 bits per heavy atom. The molecule has 1 N–H and O–H groups in total. The molecular formula is C16H17F3N4O3S. The van der Waals surface area contributed by atoms with E-state index in [0.717, 1.165) is 29.8 Å². The molecule has 3 rings (SSSR count). The molecule has 1 aromatic carbocycles. The average Bonchev–Trinajstić information content (AvgIpc) is 3.26. The van der Waals surface area contributed by atoms with Crippen LogP contribution in [0.2, 0.25) is 0 Å². The third-order valence-electron chi connectivity index (χ3n) is 4.06. The molecule has 1 fully saturated rings. The highest BCUT2D eigenvalue weighted by Gasteiger charge is 2.33. The van der Waals surface area contributed by atoms with Crippen LogP contribution in [0.1, 0.15) is 18.5 Å². The van der Waals surface area contributed by atoms with Crippen LogP contribution >= 0.6 is 0 Å². The Morgan fingerprint density at radius 2 is 1.89 bits per heavy atom. The third kappa shape index (κ3) is 4.48. The van der Waals surface area contributed by atoms with Crippen LogP contribution in [-0.4, -0.2) is 41.5 Å². The summed E-state index contributed by atoms with van der Waals surface area (Å²) in [6.07, 6.45) is -1.92. The number of anilines is 1. The van der Waals surface area contributed by atoms with Gasteiger partial charge in [0, 0.05) is 25.0 Å². The molecule has 11 heteroatoms. The van der Waals surface area contributed by atoms with Gasteiger partial charge < -0.3 is 5.32 Å². The average molecular weight is 402 g/mol. The first-order chi connectivity index (χ1) is 12.7. The van der Waals surface area contributed by atoms with Gasteiger partial charge in [-0.1, -0.05) is 6.07 Å². The maximum absolute atomic E-state index is 12.6. The van der Waals surface area contributed by atoms with Crippen molar-refractivity contribution in [2.75, 3.05) is 18.4 Å². The first-order valence-corrected chi connectivity index (χ1v) is 9.61. The molecule has 2 aromatic rings. The van der Waals surface area contributed by atoms with Crippen molar-refractivity contribution >= 4 is 21.6 Å². The Kier molecular flexibility index (Phi) is 5.24. The van der Waals surface area contributed by atoms with E-state index in [1.807, 2.05) is 0 Å². The van der Waals surface area contributed by atoms with Crippen molar-refractivity contribution in [3.63, 3.8) is 0 Å². The molecular weight excluding hydrogens is 385 g/mol. The second-order valence-corrected chi connectivity index (χ2v) is 8.02. The van der Waals surface area contributed by atoms with Crippen LogP contribution in [0.5, 0.6) is 0 Å². The predicted molar refractivity (Wildman–Crippen MR) is 90.3 cm³/mol. The number of alkyl halides is 3. The maximum atomic E-state index is 12.6. The molecule has 0 bridgehead atoms. The van der Waals surface area contributed by atoms with Crippen LogP contribution < -0.4 is 5.32 Å². The van der Waals surface area contributed by atoms with Gasteiger partial charge >= 0.3 is 6.18 Å². The SMILES string of the molecule is O=C(Cn1ccc(C(F)(F)F)n1)Nc1cccc(S(=O)(=O)N2CCCC2)c1. The number of aromatic nitrogens is 2. The van der Waals surface area contributed by atoms with Crippen molar-refractivity contribution in [3.05, 3.63) is 42.2 Å². The zero-order valence-corrected chi connectivity index (χ0v) is 14.9. The fourth-order valence-electron chi connectivity index (χ4n) is 2.76. The Balaban J connectivity index is 1.69. The number of sulfonamides is 1. The van der Waals surface area contributed by atoms with Crippen molar-refractivity contribution in [1.29, 1.82) is 0 Å². The van der Waals surface area contributed by atoms with Crippen molar-refractivity contribution in [2.24, 2.45) is 0 Å². The molecule has 0 atom stereocenters. The Labute approximate surface area is 153 Å². The summed E-state index contributed by atoms with van der Waals surface area (Å²) >= 11 is 0. The molecule has 1 amide bonds. The highest BCUT2D eigenvalue weighted by atomic mass is 32.2. The molecule has 0 radical (unpaired) electrons. The molecule has 0 unspecified atom stereocenters. The predicted octanol–water partition coefficient (Wildman–Crippen LogP) is 2.33. The van der Waals surface area contributed by atoms with Crippen LogP contribution in [0.15, 0.2) is 41.4 Å². The number of nitrogens with one attached hydrogen (secondary N) is 1. The molecule has 1 aliphatic rings. The minimum absolute atomic E-state index is 0.0562. The van der Waals surface area contributed by atoms with E-state index < -0.39 is 34.3 Å². The largest absolute Gasteiger partial charge is 0.435 e. The number of rotatable bonds is 5. The summed E-state index contributed by atoms with van der Waals surface area (Å²) in [6.45, 7) is 0.485. The molecule has 1 aromatic heterocycles. The number of hydrogen-bond acceptors (Lipinski definition) is 4.